The van der Waals surface area contributed by atoms with Crippen molar-refractivity contribution >= 4 is 34.7 Å². The molecule has 0 aliphatic carbocycles. The number of halogens is 6. The van der Waals surface area contributed by atoms with Crippen LogP contribution in [0.5, 0.6) is 0 Å². The number of aromatic amines is 1. The highest BCUT2D eigenvalue weighted by molar-refractivity contribution is 8.00. The van der Waals surface area contributed by atoms with Gasteiger partial charge in [0.25, 0.3) is 0 Å². The molecule has 3 heterocycles. The van der Waals surface area contributed by atoms with Crippen LogP contribution >= 0.6 is 23.5 Å². The lowest BCUT2D eigenvalue weighted by molar-refractivity contribution is -0.138. The summed E-state index contributed by atoms with van der Waals surface area (Å²) in [6.07, 6.45) is -2.80. The summed E-state index contributed by atoms with van der Waals surface area (Å²) < 4.78 is 76.2. The maximum Gasteiger partial charge on any atom is 0.446 e. The average molecular weight is 424 g/mol. The predicted molar refractivity (Wildman–Crippen MR) is 90.4 cm³/mol. The molecule has 3 aromatic heterocycles. The van der Waals surface area contributed by atoms with E-state index < -0.39 is 17.2 Å². The van der Waals surface area contributed by atoms with Gasteiger partial charge in [-0.15, -0.1) is 11.8 Å². The van der Waals surface area contributed by atoms with Crippen molar-refractivity contribution in [3.8, 4) is 11.5 Å². The molecule has 1 N–H and O–H groups in total. The summed E-state index contributed by atoms with van der Waals surface area (Å²) in [5.74, 6) is 0.636. The number of H-pyrrole nitrogens is 1. The topological polar surface area (TPSA) is 54.5 Å². The monoisotopic (exact) mass is 424 g/mol. The number of rotatable bonds is 4. The number of thioether (sulfide) groups is 2. The molecule has 27 heavy (non-hydrogen) atoms. The van der Waals surface area contributed by atoms with Crippen molar-refractivity contribution in [1.82, 2.24) is 19.9 Å². The van der Waals surface area contributed by atoms with E-state index in [0.717, 1.165) is 24.0 Å². The summed E-state index contributed by atoms with van der Waals surface area (Å²) in [4.78, 5) is 14.8. The minimum atomic E-state index is -4.53. The number of imidazole rings is 1. The molecule has 0 radical (unpaired) electrons. The van der Waals surface area contributed by atoms with Gasteiger partial charge >= 0.3 is 11.7 Å². The number of nitrogens with one attached hydrogen (secondary N) is 1. The fourth-order valence-electron chi connectivity index (χ4n) is 2.23. The second-order valence-electron chi connectivity index (χ2n) is 5.18. The highest BCUT2D eigenvalue weighted by Crippen LogP contribution is 2.38. The second-order valence-corrected chi connectivity index (χ2v) is 7.62. The largest absolute Gasteiger partial charge is 0.446 e. The van der Waals surface area contributed by atoms with Crippen LogP contribution in [0.2, 0.25) is 0 Å². The van der Waals surface area contributed by atoms with Crippen LogP contribution in [0.4, 0.5) is 26.3 Å². The number of fused-ring (bicyclic) bond motifs is 1. The number of alkyl halides is 6. The zero-order valence-corrected chi connectivity index (χ0v) is 15.1. The van der Waals surface area contributed by atoms with E-state index in [2.05, 4.69) is 19.9 Å². The Morgan fingerprint density at radius 1 is 1.04 bits per heavy atom. The first-order chi connectivity index (χ1) is 12.6. The maximum absolute atomic E-state index is 12.9. The van der Waals surface area contributed by atoms with Gasteiger partial charge in [-0.25, -0.2) is 9.97 Å². The lowest BCUT2D eigenvalue weighted by atomic mass is 10.2. The van der Waals surface area contributed by atoms with E-state index in [1.54, 1.807) is 6.92 Å². The van der Waals surface area contributed by atoms with Crippen LogP contribution in [-0.2, 0) is 6.18 Å². The molecule has 0 aliphatic rings. The number of hydrogen-bond acceptors (Lipinski definition) is 5. The van der Waals surface area contributed by atoms with Crippen LogP contribution in [0.25, 0.3) is 22.7 Å². The second kappa shape index (κ2) is 7.23. The third kappa shape index (κ3) is 4.67. The minimum absolute atomic E-state index is 0.131. The van der Waals surface area contributed by atoms with Crippen LogP contribution in [0.1, 0.15) is 12.5 Å². The molecule has 4 nitrogen and oxygen atoms in total. The van der Waals surface area contributed by atoms with Gasteiger partial charge in [0.15, 0.2) is 11.5 Å². The number of aromatic nitrogens is 4. The van der Waals surface area contributed by atoms with E-state index in [0.29, 0.717) is 11.9 Å². The molecule has 0 fully saturated rings. The molecular formula is C15H10F6N4S2. The Bertz CT molecular complexity index is 967. The molecule has 0 spiro atoms. The average Bonchev–Trinajstić information content (AvgIpc) is 2.95. The summed E-state index contributed by atoms with van der Waals surface area (Å²) in [6, 6.07) is 2.20. The quantitative estimate of drug-likeness (QED) is 0.426. The Kier molecular flexibility index (Phi) is 5.30. The molecule has 0 aliphatic heterocycles. The zero-order valence-electron chi connectivity index (χ0n) is 13.4. The molecule has 3 rings (SSSR count). The smallest absolute Gasteiger partial charge is 0.335 e. The fourth-order valence-corrected chi connectivity index (χ4v) is 3.58. The molecule has 0 atom stereocenters. The first-order valence-corrected chi connectivity index (χ1v) is 9.19. The molecule has 0 bridgehead atoms. The molecule has 0 unspecified atom stereocenters. The SMILES string of the molecule is CCSc1cc(C(F)(F)F)cnc1-c1nc2ncc(SC(F)(F)F)cc2[nH]1. The van der Waals surface area contributed by atoms with Gasteiger partial charge in [-0.1, -0.05) is 6.92 Å². The summed E-state index contributed by atoms with van der Waals surface area (Å²) in [6.45, 7) is 1.77. The van der Waals surface area contributed by atoms with Gasteiger partial charge < -0.3 is 4.98 Å². The maximum atomic E-state index is 12.9. The molecule has 144 valence electrons. The molecule has 0 saturated carbocycles. The molecule has 0 aromatic carbocycles. The van der Waals surface area contributed by atoms with E-state index in [1.165, 1.54) is 6.07 Å². The summed E-state index contributed by atoms with van der Waals surface area (Å²) >= 11 is 0.834. The van der Waals surface area contributed by atoms with Gasteiger partial charge in [-0.2, -0.15) is 26.3 Å². The molecule has 0 saturated heterocycles. The van der Waals surface area contributed by atoms with Crippen molar-refractivity contribution in [2.45, 2.75) is 28.4 Å². The fraction of sp³-hybridized carbons (Fsp3) is 0.267. The minimum Gasteiger partial charge on any atom is -0.335 e. The van der Waals surface area contributed by atoms with E-state index >= 15 is 0 Å². The zero-order chi connectivity index (χ0) is 19.8. The summed E-state index contributed by atoms with van der Waals surface area (Å²) in [5.41, 5.74) is -4.80. The summed E-state index contributed by atoms with van der Waals surface area (Å²) in [5, 5.41) is 0. The van der Waals surface area contributed by atoms with Crippen molar-refractivity contribution in [3.05, 3.63) is 30.1 Å². The van der Waals surface area contributed by atoms with Gasteiger partial charge in [0, 0.05) is 22.2 Å². The third-order valence-corrected chi connectivity index (χ3v) is 4.85. The van der Waals surface area contributed by atoms with E-state index in [9.17, 15) is 26.3 Å². The highest BCUT2D eigenvalue weighted by Gasteiger charge is 2.32. The van der Waals surface area contributed by atoms with Gasteiger partial charge in [-0.05, 0) is 29.6 Å². The van der Waals surface area contributed by atoms with Gasteiger partial charge in [0.05, 0.1) is 11.1 Å². The van der Waals surface area contributed by atoms with E-state index in [4.69, 9.17) is 0 Å². The highest BCUT2D eigenvalue weighted by atomic mass is 32.2. The Hall–Kier alpha value is -1.95. The molecule has 0 amide bonds. The Morgan fingerprint density at radius 3 is 2.41 bits per heavy atom. The Labute approximate surface area is 157 Å². The lowest BCUT2D eigenvalue weighted by Gasteiger charge is -2.10. The lowest BCUT2D eigenvalue weighted by Crippen LogP contribution is -2.06. The van der Waals surface area contributed by atoms with Gasteiger partial charge in [0.1, 0.15) is 5.69 Å². The molecule has 3 aromatic rings. The van der Waals surface area contributed by atoms with Crippen molar-refractivity contribution in [1.29, 1.82) is 0 Å². The Morgan fingerprint density at radius 2 is 1.78 bits per heavy atom. The van der Waals surface area contributed by atoms with Gasteiger partial charge in [0.2, 0.25) is 0 Å². The summed E-state index contributed by atoms with van der Waals surface area (Å²) in [7, 11) is 0. The van der Waals surface area contributed by atoms with Crippen LogP contribution in [0.15, 0.2) is 34.3 Å². The predicted octanol–water partition coefficient (Wildman–Crippen LogP) is 5.76. The normalized spacial score (nSPS) is 12.7. The van der Waals surface area contributed by atoms with Crippen LogP contribution in [-0.4, -0.2) is 31.2 Å². The van der Waals surface area contributed by atoms with Crippen LogP contribution in [0, 0.1) is 0 Å². The van der Waals surface area contributed by atoms with Gasteiger partial charge in [-0.3, -0.25) is 4.98 Å². The van der Waals surface area contributed by atoms with Crippen molar-refractivity contribution in [2.75, 3.05) is 5.75 Å². The van der Waals surface area contributed by atoms with Crippen LogP contribution < -0.4 is 0 Å². The van der Waals surface area contributed by atoms with Crippen molar-refractivity contribution in [2.24, 2.45) is 0 Å². The third-order valence-electron chi connectivity index (χ3n) is 3.25. The van der Waals surface area contributed by atoms with E-state index in [1.807, 2.05) is 0 Å². The van der Waals surface area contributed by atoms with Crippen LogP contribution in [0.3, 0.4) is 0 Å². The number of nitrogens with zero attached hydrogens (tertiary/aromatic N) is 3. The van der Waals surface area contributed by atoms with Crippen molar-refractivity contribution < 1.29 is 26.3 Å². The Balaban J connectivity index is 2.03. The number of pyridine rings is 2. The van der Waals surface area contributed by atoms with E-state index in [-0.39, 0.29) is 44.2 Å². The molecule has 12 heteroatoms. The van der Waals surface area contributed by atoms with Crippen molar-refractivity contribution in [3.63, 3.8) is 0 Å². The standard InChI is InChI=1S/C15H10F6N4S2/c1-2-26-10-3-7(14(16,17)18)5-22-11(10)13-24-9-4-8(27-15(19,20)21)6-23-12(9)25-13/h3-6H,2H2,1H3,(H,23,24,25). The molecular weight excluding hydrogens is 414 g/mol. The number of hydrogen-bond donors (Lipinski definition) is 1. The first kappa shape index (κ1) is 19.8. The first-order valence-electron chi connectivity index (χ1n) is 7.38.